The van der Waals surface area contributed by atoms with Gasteiger partial charge in [-0.15, -0.1) is 0 Å². The lowest BCUT2D eigenvalue weighted by Gasteiger charge is -2.17. The maximum atomic E-state index is 10.7. The lowest BCUT2D eigenvalue weighted by molar-refractivity contribution is -0.152. The standard InChI is InChI=1S/C6H10O6.C6H6O6/c2*7-1-2(8)5-3(9)4(10)6(11)12-5/h2-5,7-10H,1H2;2,5,7-8H,1H2/t2-,3+,4?,5-;2-,5-/m00/s1. The molecule has 1 unspecified atom stereocenters. The average molecular weight is 352 g/mol. The Bertz CT molecular complexity index is 516. The molecule has 0 aliphatic carbocycles. The predicted octanol–water partition coefficient (Wildman–Crippen LogP) is -5.61. The van der Waals surface area contributed by atoms with Gasteiger partial charge >= 0.3 is 17.7 Å². The number of ether oxygens (including phenoxy) is 2. The molecule has 24 heavy (non-hydrogen) atoms. The summed E-state index contributed by atoms with van der Waals surface area (Å²) in [4.78, 5) is 42.3. The first-order chi connectivity index (χ1) is 11.1. The van der Waals surface area contributed by atoms with Crippen molar-refractivity contribution in [1.82, 2.24) is 0 Å². The Hall–Kier alpha value is -1.96. The van der Waals surface area contributed by atoms with E-state index >= 15 is 0 Å². The lowest BCUT2D eigenvalue weighted by Crippen LogP contribution is -2.40. The second-order valence-corrected chi connectivity index (χ2v) is 4.86. The number of ketones is 2. The summed E-state index contributed by atoms with van der Waals surface area (Å²) in [5.41, 5.74) is 0. The van der Waals surface area contributed by atoms with Gasteiger partial charge in [0.1, 0.15) is 18.3 Å². The summed E-state index contributed by atoms with van der Waals surface area (Å²) in [5, 5.41) is 52.6. The van der Waals surface area contributed by atoms with Crippen LogP contribution in [-0.2, 0) is 28.7 Å². The number of hydrogen-bond donors (Lipinski definition) is 6. The Labute approximate surface area is 133 Å². The summed E-state index contributed by atoms with van der Waals surface area (Å²) in [6.07, 6.45) is -8.75. The molecule has 0 radical (unpaired) electrons. The first-order valence-electron chi connectivity index (χ1n) is 6.59. The zero-order valence-corrected chi connectivity index (χ0v) is 12.0. The van der Waals surface area contributed by atoms with Gasteiger partial charge in [-0.05, 0) is 0 Å². The van der Waals surface area contributed by atoms with Crippen LogP contribution < -0.4 is 0 Å². The van der Waals surface area contributed by atoms with E-state index in [1.54, 1.807) is 0 Å². The van der Waals surface area contributed by atoms with Crippen LogP contribution in [0.4, 0.5) is 0 Å². The summed E-state index contributed by atoms with van der Waals surface area (Å²) in [6, 6.07) is 0. The number of aliphatic hydroxyl groups excluding tert-OH is 6. The largest absolute Gasteiger partial charge is 0.455 e. The summed E-state index contributed by atoms with van der Waals surface area (Å²) < 4.78 is 8.58. The van der Waals surface area contributed by atoms with Gasteiger partial charge in [0.15, 0.2) is 18.3 Å². The van der Waals surface area contributed by atoms with Gasteiger partial charge in [-0.3, -0.25) is 9.59 Å². The number of Topliss-reactive ketones (excluding diaryl/α,β-unsaturated/α-hetero) is 2. The van der Waals surface area contributed by atoms with Gasteiger partial charge < -0.3 is 40.1 Å². The minimum absolute atomic E-state index is 0.637. The highest BCUT2D eigenvalue weighted by Gasteiger charge is 2.46. The van der Waals surface area contributed by atoms with Gasteiger partial charge in [0, 0.05) is 0 Å². The SMILES string of the molecule is O=C1O[C@@H]([C@@H](O)CO)C(=O)C1=O.O=C1O[C@@H]([C@@H](O)CO)[C@H](O)C1O. The molecule has 0 aromatic carbocycles. The molecule has 0 saturated carbocycles. The van der Waals surface area contributed by atoms with E-state index in [-0.39, 0.29) is 0 Å². The highest BCUT2D eigenvalue weighted by atomic mass is 16.6. The molecule has 2 saturated heterocycles. The summed E-state index contributed by atoms with van der Waals surface area (Å²) in [5.74, 6) is -4.66. The van der Waals surface area contributed by atoms with Crippen molar-refractivity contribution in [2.75, 3.05) is 13.2 Å². The molecule has 12 nitrogen and oxygen atoms in total. The van der Waals surface area contributed by atoms with Crippen molar-refractivity contribution in [2.45, 2.75) is 36.6 Å². The lowest BCUT2D eigenvalue weighted by atomic mass is 10.1. The Morgan fingerprint density at radius 3 is 1.79 bits per heavy atom. The highest BCUT2D eigenvalue weighted by molar-refractivity contribution is 6.65. The van der Waals surface area contributed by atoms with Crippen LogP contribution in [0.5, 0.6) is 0 Å². The minimum Gasteiger partial charge on any atom is -0.455 e. The van der Waals surface area contributed by atoms with E-state index in [1.807, 2.05) is 0 Å². The number of carbonyl (C=O) groups is 4. The van der Waals surface area contributed by atoms with Crippen molar-refractivity contribution < 1.29 is 59.3 Å². The molecular formula is C12H16O12. The Balaban J connectivity index is 0.000000240. The van der Waals surface area contributed by atoms with E-state index in [4.69, 9.17) is 30.6 Å². The van der Waals surface area contributed by atoms with E-state index in [2.05, 4.69) is 9.47 Å². The van der Waals surface area contributed by atoms with Gasteiger partial charge in [-0.25, -0.2) is 9.59 Å². The van der Waals surface area contributed by atoms with Gasteiger partial charge in [-0.1, -0.05) is 0 Å². The van der Waals surface area contributed by atoms with Crippen LogP contribution in [0.3, 0.4) is 0 Å². The van der Waals surface area contributed by atoms with E-state index in [0.29, 0.717) is 0 Å². The molecular weight excluding hydrogens is 336 g/mol. The minimum atomic E-state index is -1.63. The number of aliphatic hydroxyl groups is 6. The van der Waals surface area contributed by atoms with Crippen molar-refractivity contribution in [1.29, 1.82) is 0 Å². The Morgan fingerprint density at radius 2 is 1.46 bits per heavy atom. The second kappa shape index (κ2) is 8.23. The van der Waals surface area contributed by atoms with Crippen molar-refractivity contribution in [3.63, 3.8) is 0 Å². The fourth-order valence-electron chi connectivity index (χ4n) is 1.80. The van der Waals surface area contributed by atoms with E-state index in [9.17, 15) is 19.2 Å². The Kier molecular flexibility index (Phi) is 6.89. The highest BCUT2D eigenvalue weighted by Crippen LogP contribution is 2.18. The molecule has 6 atom stereocenters. The maximum Gasteiger partial charge on any atom is 0.383 e. The number of cyclic esters (lactones) is 2. The molecule has 2 aliphatic heterocycles. The van der Waals surface area contributed by atoms with Crippen molar-refractivity contribution in [2.24, 2.45) is 0 Å². The molecule has 6 N–H and O–H groups in total. The van der Waals surface area contributed by atoms with Crippen LogP contribution in [0.2, 0.25) is 0 Å². The third kappa shape index (κ3) is 4.11. The fraction of sp³-hybridized carbons (Fsp3) is 0.667. The quantitative estimate of drug-likeness (QED) is 0.207. The maximum absolute atomic E-state index is 10.7. The van der Waals surface area contributed by atoms with Crippen molar-refractivity contribution in [3.8, 4) is 0 Å². The smallest absolute Gasteiger partial charge is 0.383 e. The normalized spacial score (nSPS) is 31.9. The number of hydrogen-bond acceptors (Lipinski definition) is 12. The molecule has 2 fully saturated rings. The average Bonchev–Trinajstić information content (AvgIpc) is 2.98. The van der Waals surface area contributed by atoms with Gasteiger partial charge in [0.2, 0.25) is 0 Å². The topological polar surface area (TPSA) is 208 Å². The van der Waals surface area contributed by atoms with Crippen molar-refractivity contribution in [3.05, 3.63) is 0 Å². The predicted molar refractivity (Wildman–Crippen MR) is 68.0 cm³/mol. The number of carbonyl (C=O) groups excluding carboxylic acids is 4. The van der Waals surface area contributed by atoms with Crippen LogP contribution in [0, 0.1) is 0 Å². The van der Waals surface area contributed by atoms with Crippen LogP contribution in [0.1, 0.15) is 0 Å². The molecule has 0 spiro atoms. The third-order valence-electron chi connectivity index (χ3n) is 3.16. The van der Waals surface area contributed by atoms with Crippen LogP contribution in [0.25, 0.3) is 0 Å². The first-order valence-corrected chi connectivity index (χ1v) is 6.59. The monoisotopic (exact) mass is 352 g/mol. The summed E-state index contributed by atoms with van der Waals surface area (Å²) in [7, 11) is 0. The fourth-order valence-corrected chi connectivity index (χ4v) is 1.80. The molecule has 0 amide bonds. The van der Waals surface area contributed by atoms with Crippen LogP contribution in [0.15, 0.2) is 0 Å². The van der Waals surface area contributed by atoms with E-state index in [1.165, 1.54) is 0 Å². The molecule has 136 valence electrons. The van der Waals surface area contributed by atoms with Crippen LogP contribution in [-0.4, -0.2) is 104 Å². The van der Waals surface area contributed by atoms with Gasteiger partial charge in [-0.2, -0.15) is 0 Å². The molecule has 2 aliphatic rings. The molecule has 0 aromatic rings. The van der Waals surface area contributed by atoms with E-state index < -0.39 is 73.3 Å². The molecule has 12 heteroatoms. The molecule has 0 aromatic heterocycles. The molecule has 2 rings (SSSR count). The summed E-state index contributed by atoms with van der Waals surface area (Å²) in [6.45, 7) is -1.38. The van der Waals surface area contributed by atoms with Gasteiger partial charge in [0.05, 0.1) is 13.2 Å². The third-order valence-corrected chi connectivity index (χ3v) is 3.16. The number of rotatable bonds is 4. The molecule has 0 bridgehead atoms. The first kappa shape index (κ1) is 20.1. The van der Waals surface area contributed by atoms with Crippen LogP contribution >= 0.6 is 0 Å². The number of esters is 2. The van der Waals surface area contributed by atoms with E-state index in [0.717, 1.165) is 0 Å². The summed E-state index contributed by atoms with van der Waals surface area (Å²) >= 11 is 0. The zero-order chi connectivity index (χ0) is 18.6. The zero-order valence-electron chi connectivity index (χ0n) is 12.0. The Morgan fingerprint density at radius 1 is 0.917 bits per heavy atom. The van der Waals surface area contributed by atoms with Gasteiger partial charge in [0.25, 0.3) is 5.78 Å². The second-order valence-electron chi connectivity index (χ2n) is 4.86. The van der Waals surface area contributed by atoms with Crippen molar-refractivity contribution >= 4 is 23.5 Å². The molecule has 2 heterocycles.